The van der Waals surface area contributed by atoms with Gasteiger partial charge in [0.2, 0.25) is 17.7 Å². The summed E-state index contributed by atoms with van der Waals surface area (Å²) in [7, 11) is 1.50. The molecule has 17 heteroatoms. The van der Waals surface area contributed by atoms with Gasteiger partial charge in [-0.05, 0) is 67.5 Å². The van der Waals surface area contributed by atoms with Crippen LogP contribution in [0.3, 0.4) is 0 Å². The van der Waals surface area contributed by atoms with Gasteiger partial charge >= 0.3 is 11.9 Å². The fourth-order valence-electron chi connectivity index (χ4n) is 7.07. The number of hydrogen-bond acceptors (Lipinski definition) is 11. The summed E-state index contributed by atoms with van der Waals surface area (Å²) in [5.74, 6) is -2.87. The summed E-state index contributed by atoms with van der Waals surface area (Å²) >= 11 is 6.39. The first-order valence-electron chi connectivity index (χ1n) is 20.8. The molecule has 16 nitrogen and oxygen atoms in total. The van der Waals surface area contributed by atoms with Crippen LogP contribution in [0.4, 0.5) is 0 Å². The highest BCUT2D eigenvalue weighted by molar-refractivity contribution is 6.32. The summed E-state index contributed by atoms with van der Waals surface area (Å²) in [6.45, 7) is 13.6. The maximum absolute atomic E-state index is 14.1. The van der Waals surface area contributed by atoms with Gasteiger partial charge in [-0.2, -0.15) is 0 Å². The molecule has 1 aromatic heterocycles. The molecule has 3 aromatic rings. The van der Waals surface area contributed by atoms with Gasteiger partial charge in [0.15, 0.2) is 0 Å². The van der Waals surface area contributed by atoms with Crippen LogP contribution in [-0.4, -0.2) is 93.8 Å². The molecular weight excluding hydrogens is 820 g/mol. The molecule has 3 amide bonds. The fourth-order valence-corrected chi connectivity index (χ4v) is 7.35. The first-order chi connectivity index (χ1) is 29.2. The number of aromatic nitrogens is 3. The van der Waals surface area contributed by atoms with E-state index in [9.17, 15) is 24.0 Å². The Morgan fingerprint density at radius 3 is 2.42 bits per heavy atom. The number of nitrogens with one attached hydrogen (secondary N) is 3. The Kier molecular flexibility index (Phi) is 15.9. The third-order valence-corrected chi connectivity index (χ3v) is 11.5. The van der Waals surface area contributed by atoms with Crippen molar-refractivity contribution in [3.05, 3.63) is 88.2 Å². The number of carboxylic acid groups (broad SMARTS) is 1. The first kappa shape index (κ1) is 47.7. The van der Waals surface area contributed by atoms with Crippen molar-refractivity contribution in [1.29, 1.82) is 0 Å². The van der Waals surface area contributed by atoms with Gasteiger partial charge < -0.3 is 40.0 Å². The number of ether oxygens (including phenoxy) is 4. The Morgan fingerprint density at radius 2 is 1.76 bits per heavy atom. The molecule has 62 heavy (non-hydrogen) atoms. The molecule has 1 unspecified atom stereocenters. The van der Waals surface area contributed by atoms with Crippen molar-refractivity contribution < 1.29 is 48.0 Å². The zero-order chi connectivity index (χ0) is 45.4. The van der Waals surface area contributed by atoms with Crippen LogP contribution >= 0.6 is 11.6 Å². The summed E-state index contributed by atoms with van der Waals surface area (Å²) in [5.41, 5.74) is 1.62. The van der Waals surface area contributed by atoms with Gasteiger partial charge in [0.05, 0.1) is 56.0 Å². The van der Waals surface area contributed by atoms with Crippen LogP contribution in [0.2, 0.25) is 5.02 Å². The number of nitrogens with zero attached hydrogens (tertiary/aromatic N) is 3. The number of esters is 1. The molecule has 0 spiro atoms. The Hall–Kier alpha value is -5.32. The van der Waals surface area contributed by atoms with Gasteiger partial charge in [0.25, 0.3) is 0 Å². The van der Waals surface area contributed by atoms with Crippen molar-refractivity contribution in [1.82, 2.24) is 30.9 Å². The minimum Gasteiger partial charge on any atom is -0.495 e. The average Bonchev–Trinajstić information content (AvgIpc) is 3.88. The molecule has 2 aliphatic rings. The van der Waals surface area contributed by atoms with Crippen molar-refractivity contribution >= 4 is 41.3 Å². The van der Waals surface area contributed by atoms with Crippen molar-refractivity contribution in [2.75, 3.05) is 13.7 Å². The van der Waals surface area contributed by atoms with Crippen LogP contribution in [0.15, 0.2) is 60.8 Å². The van der Waals surface area contributed by atoms with Crippen LogP contribution in [0, 0.1) is 16.7 Å². The summed E-state index contributed by atoms with van der Waals surface area (Å²) in [5, 5.41) is 26.1. The van der Waals surface area contributed by atoms with E-state index in [2.05, 4.69) is 26.3 Å². The van der Waals surface area contributed by atoms with Crippen LogP contribution in [0.1, 0.15) is 96.2 Å². The highest BCUT2D eigenvalue weighted by atomic mass is 35.5. The lowest BCUT2D eigenvalue weighted by atomic mass is 9.82. The third-order valence-electron chi connectivity index (χ3n) is 11.2. The first-order valence-corrected chi connectivity index (χ1v) is 21.2. The summed E-state index contributed by atoms with van der Waals surface area (Å²) in [6.07, 6.45) is 3.82. The van der Waals surface area contributed by atoms with Crippen molar-refractivity contribution in [2.45, 2.75) is 124 Å². The number of hydrogen-bond donors (Lipinski definition) is 4. The average molecular weight is 879 g/mol. The number of aliphatic carboxylic acids is 1. The SMILES string of the molecule is COc1ccc(C[C@H]2NC(=O)/C=C/C[C@@H](C(C)[C@H]3O[C@@H]3c3ccc(Cn4cc(COCCC(=O)O)nn4)cc3)OC(=O)[C@H](CC(C)(C)C)NC(=O)C(C)(C)[C@H](C)NC2=O)cc1Cl. The summed E-state index contributed by atoms with van der Waals surface area (Å²) in [4.78, 5) is 66.1. The van der Waals surface area contributed by atoms with Gasteiger partial charge in [-0.15, -0.1) is 5.10 Å². The monoisotopic (exact) mass is 878 g/mol. The minimum absolute atomic E-state index is 0.0856. The van der Waals surface area contributed by atoms with E-state index < -0.39 is 59.3 Å². The van der Waals surface area contributed by atoms with E-state index in [1.54, 1.807) is 55.9 Å². The number of methoxy groups -OCH3 is 1. The lowest BCUT2D eigenvalue weighted by Crippen LogP contribution is -2.58. The number of rotatable bonds is 14. The van der Waals surface area contributed by atoms with Crippen LogP contribution in [0.5, 0.6) is 5.75 Å². The molecule has 4 N–H and O–H groups in total. The number of halogens is 1. The molecule has 0 aliphatic carbocycles. The predicted octanol–water partition coefficient (Wildman–Crippen LogP) is 5.11. The molecule has 2 aromatic carbocycles. The molecule has 1 saturated heterocycles. The molecular formula is C45H59ClN6O10. The molecule has 0 radical (unpaired) electrons. The number of carbonyl (C=O) groups is 5. The van der Waals surface area contributed by atoms with Gasteiger partial charge in [-0.25, -0.2) is 9.48 Å². The second kappa shape index (κ2) is 20.7. The zero-order valence-electron chi connectivity index (χ0n) is 36.6. The van der Waals surface area contributed by atoms with Crippen LogP contribution in [0.25, 0.3) is 0 Å². The highest BCUT2D eigenvalue weighted by Crippen LogP contribution is 2.45. The molecule has 0 bridgehead atoms. The van der Waals surface area contributed by atoms with E-state index in [0.29, 0.717) is 28.6 Å². The van der Waals surface area contributed by atoms with Crippen molar-refractivity contribution in [3.8, 4) is 5.75 Å². The number of carbonyl (C=O) groups excluding carboxylic acids is 4. The fraction of sp³-hybridized carbons (Fsp3) is 0.533. The van der Waals surface area contributed by atoms with Gasteiger partial charge in [0, 0.05) is 24.8 Å². The Balaban J connectivity index is 1.33. The number of epoxide rings is 1. The second-order valence-electron chi connectivity index (χ2n) is 17.8. The van der Waals surface area contributed by atoms with Crippen molar-refractivity contribution in [2.24, 2.45) is 16.7 Å². The topological polar surface area (TPSA) is 213 Å². The van der Waals surface area contributed by atoms with E-state index in [4.69, 9.17) is 35.7 Å². The van der Waals surface area contributed by atoms with Gasteiger partial charge in [-0.3, -0.25) is 19.2 Å². The third kappa shape index (κ3) is 13.3. The van der Waals surface area contributed by atoms with E-state index >= 15 is 0 Å². The largest absolute Gasteiger partial charge is 0.495 e. The maximum Gasteiger partial charge on any atom is 0.328 e. The lowest BCUT2D eigenvalue weighted by molar-refractivity contribution is -0.157. The van der Waals surface area contributed by atoms with Gasteiger partial charge in [-0.1, -0.05) is 80.9 Å². The Bertz CT molecular complexity index is 2100. The smallest absolute Gasteiger partial charge is 0.328 e. The van der Waals surface area contributed by atoms with E-state index in [0.717, 1.165) is 11.1 Å². The molecule has 3 heterocycles. The van der Waals surface area contributed by atoms with Crippen molar-refractivity contribution in [3.63, 3.8) is 0 Å². The quantitative estimate of drug-likeness (QED) is 0.0946. The predicted molar refractivity (Wildman–Crippen MR) is 229 cm³/mol. The number of amides is 3. The van der Waals surface area contributed by atoms with Crippen LogP contribution in [-0.2, 0) is 57.8 Å². The van der Waals surface area contributed by atoms with E-state index in [1.165, 1.54) is 13.2 Å². The number of carboxylic acids is 1. The number of cyclic esters (lactones) is 1. The second-order valence-corrected chi connectivity index (χ2v) is 18.2. The molecule has 7 atom stereocenters. The molecule has 1 fully saturated rings. The standard InChI is InChI=1S/C45H59ClN6O10/c1-26(39-40(62-39)30-15-12-28(13-16-30)23-52-24-31(50-51-52)25-60-19-18-38(54)55)35-10-9-11-37(53)48-33(21-29-14-17-36(59-8)32(46)20-29)41(56)47-27(2)45(6,7)43(58)49-34(42(57)61-35)22-44(3,4)5/h9,11-17,20,24,26-27,33-35,39-40H,10,18-19,21-23,25H2,1-8H3,(H,47,56)(H,48,53)(H,49,58)(H,54,55)/b11-9+/t26?,27-,33+,34-,35-,39+,40+/m0/s1. The summed E-state index contributed by atoms with van der Waals surface area (Å²) < 4.78 is 24.8. The lowest BCUT2D eigenvalue weighted by Gasteiger charge is -2.35. The molecule has 5 rings (SSSR count). The Morgan fingerprint density at radius 1 is 1.05 bits per heavy atom. The van der Waals surface area contributed by atoms with E-state index in [-0.39, 0.29) is 62.4 Å². The van der Waals surface area contributed by atoms with E-state index in [1.807, 2.05) is 52.0 Å². The van der Waals surface area contributed by atoms with Crippen LogP contribution < -0.4 is 20.7 Å². The summed E-state index contributed by atoms with van der Waals surface area (Å²) in [6, 6.07) is 10.3. The maximum atomic E-state index is 14.1. The highest BCUT2D eigenvalue weighted by Gasteiger charge is 2.48. The van der Waals surface area contributed by atoms with Gasteiger partial charge in [0.1, 0.15) is 35.7 Å². The minimum atomic E-state index is -1.18. The molecule has 336 valence electrons. The molecule has 0 saturated carbocycles. The number of benzene rings is 2. The Labute approximate surface area is 367 Å². The zero-order valence-corrected chi connectivity index (χ0v) is 37.4. The normalized spacial score (nSPS) is 24.5. The molecule has 2 aliphatic heterocycles.